The lowest BCUT2D eigenvalue weighted by molar-refractivity contribution is -0.386. The van der Waals surface area contributed by atoms with Crippen molar-refractivity contribution in [2.24, 2.45) is 0 Å². The fourth-order valence-corrected chi connectivity index (χ4v) is 1.73. The van der Waals surface area contributed by atoms with Gasteiger partial charge in [0.05, 0.1) is 11.5 Å². The third-order valence-electron chi connectivity index (χ3n) is 2.21. The number of hydrogen-bond acceptors (Lipinski definition) is 5. The van der Waals surface area contributed by atoms with Crippen LogP contribution < -0.4 is 5.56 Å². The molecule has 8 heteroatoms. The number of nitro groups is 1. The van der Waals surface area contributed by atoms with Crippen molar-refractivity contribution in [3.05, 3.63) is 37.3 Å². The number of esters is 1. The summed E-state index contributed by atoms with van der Waals surface area (Å²) in [5.41, 5.74) is -1.31. The Kier molecular flexibility index (Phi) is 4.43. The Morgan fingerprint density at radius 3 is 2.72 bits per heavy atom. The van der Waals surface area contributed by atoms with Crippen molar-refractivity contribution in [1.29, 1.82) is 0 Å². The van der Waals surface area contributed by atoms with E-state index in [1.54, 1.807) is 6.92 Å². The van der Waals surface area contributed by atoms with Crippen LogP contribution in [0.4, 0.5) is 5.69 Å². The van der Waals surface area contributed by atoms with Crippen LogP contribution in [-0.2, 0) is 16.1 Å². The topological polar surface area (TPSA) is 91.4 Å². The first-order valence-corrected chi connectivity index (χ1v) is 5.46. The number of ether oxygens (including phenoxy) is 1. The van der Waals surface area contributed by atoms with Crippen LogP contribution in [0.1, 0.15) is 12.6 Å². The number of pyridine rings is 1. The number of aromatic nitrogens is 1. The van der Waals surface area contributed by atoms with Gasteiger partial charge in [-0.1, -0.05) is 11.6 Å². The smallest absolute Gasteiger partial charge is 0.352 e. The molecule has 0 bridgehead atoms. The fourth-order valence-electron chi connectivity index (χ4n) is 1.42. The van der Waals surface area contributed by atoms with Crippen LogP contribution in [0.2, 0.25) is 5.02 Å². The number of carbonyl (C=O) groups is 1. The summed E-state index contributed by atoms with van der Waals surface area (Å²) >= 11 is 5.63. The van der Waals surface area contributed by atoms with Crippen LogP contribution in [0.5, 0.6) is 0 Å². The van der Waals surface area contributed by atoms with E-state index < -0.39 is 22.1 Å². The highest BCUT2D eigenvalue weighted by Gasteiger charge is 2.22. The minimum absolute atomic E-state index is 0.169. The maximum atomic E-state index is 11.8. The first kappa shape index (κ1) is 14.2. The lowest BCUT2D eigenvalue weighted by Crippen LogP contribution is -2.28. The van der Waals surface area contributed by atoms with Crippen molar-refractivity contribution < 1.29 is 14.5 Å². The normalized spacial score (nSPS) is 10.2. The third kappa shape index (κ3) is 2.86. The van der Waals surface area contributed by atoms with E-state index in [9.17, 15) is 19.7 Å². The number of carbonyl (C=O) groups excluding carboxylic acids is 1. The molecule has 0 atom stereocenters. The lowest BCUT2D eigenvalue weighted by atomic mass is 10.3. The minimum Gasteiger partial charge on any atom is -0.465 e. The summed E-state index contributed by atoms with van der Waals surface area (Å²) < 4.78 is 5.65. The molecule has 0 aromatic carbocycles. The highest BCUT2D eigenvalue weighted by Crippen LogP contribution is 2.20. The molecule has 0 radical (unpaired) electrons. The Morgan fingerprint density at radius 1 is 1.61 bits per heavy atom. The van der Waals surface area contributed by atoms with E-state index in [0.717, 1.165) is 4.57 Å². The molecular formula is C10H11ClN2O5. The highest BCUT2D eigenvalue weighted by atomic mass is 35.5. The van der Waals surface area contributed by atoms with Gasteiger partial charge in [-0.15, -0.1) is 0 Å². The maximum absolute atomic E-state index is 11.8. The SMILES string of the molecule is CCOC(=O)Cn1c(C)cc(Cl)c([N+](=O)[O-])c1=O. The first-order valence-electron chi connectivity index (χ1n) is 5.08. The molecule has 0 aliphatic carbocycles. The Bertz CT molecular complexity index is 552. The number of nitrogens with zero attached hydrogens (tertiary/aromatic N) is 2. The van der Waals surface area contributed by atoms with Gasteiger partial charge in [-0.05, 0) is 19.9 Å². The molecule has 0 amide bonds. The highest BCUT2D eigenvalue weighted by molar-refractivity contribution is 6.32. The van der Waals surface area contributed by atoms with E-state index in [-0.39, 0.29) is 18.2 Å². The van der Waals surface area contributed by atoms with Gasteiger partial charge in [0.2, 0.25) is 0 Å². The van der Waals surface area contributed by atoms with Crippen LogP contribution >= 0.6 is 11.6 Å². The van der Waals surface area contributed by atoms with Crippen LogP contribution in [0.15, 0.2) is 10.9 Å². The number of hydrogen-bond donors (Lipinski definition) is 0. The molecule has 0 aliphatic rings. The number of rotatable bonds is 4. The van der Waals surface area contributed by atoms with E-state index in [0.29, 0.717) is 5.69 Å². The van der Waals surface area contributed by atoms with Gasteiger partial charge in [-0.3, -0.25) is 24.3 Å². The van der Waals surface area contributed by atoms with Gasteiger partial charge < -0.3 is 4.74 Å². The summed E-state index contributed by atoms with van der Waals surface area (Å²) in [4.78, 5) is 33.0. The maximum Gasteiger partial charge on any atom is 0.352 e. The van der Waals surface area contributed by atoms with E-state index in [4.69, 9.17) is 11.6 Å². The van der Waals surface area contributed by atoms with E-state index in [1.165, 1.54) is 13.0 Å². The second-order valence-corrected chi connectivity index (χ2v) is 3.84. The average molecular weight is 275 g/mol. The van der Waals surface area contributed by atoms with Crippen LogP contribution in [0, 0.1) is 17.0 Å². The summed E-state index contributed by atoms with van der Waals surface area (Å²) in [5, 5.41) is 10.5. The largest absolute Gasteiger partial charge is 0.465 e. The second kappa shape index (κ2) is 5.63. The molecule has 0 aliphatic heterocycles. The molecule has 7 nitrogen and oxygen atoms in total. The molecule has 0 saturated heterocycles. The molecular weight excluding hydrogens is 264 g/mol. The van der Waals surface area contributed by atoms with E-state index in [1.807, 2.05) is 0 Å². The summed E-state index contributed by atoms with van der Waals surface area (Å²) in [7, 11) is 0. The zero-order valence-corrected chi connectivity index (χ0v) is 10.6. The van der Waals surface area contributed by atoms with E-state index in [2.05, 4.69) is 4.74 Å². The van der Waals surface area contributed by atoms with Crippen molar-refractivity contribution in [1.82, 2.24) is 4.57 Å². The third-order valence-corrected chi connectivity index (χ3v) is 2.50. The standard InChI is InChI=1S/C10H11ClN2O5/c1-3-18-8(14)5-12-6(2)4-7(11)9(10(12)15)13(16)17/h4H,3,5H2,1-2H3. The molecule has 18 heavy (non-hydrogen) atoms. The Balaban J connectivity index is 3.28. The zero-order chi connectivity index (χ0) is 13.9. The quantitative estimate of drug-likeness (QED) is 0.468. The number of halogens is 1. The summed E-state index contributed by atoms with van der Waals surface area (Å²) in [6, 6.07) is 1.26. The Morgan fingerprint density at radius 2 is 2.22 bits per heavy atom. The molecule has 1 aromatic rings. The van der Waals surface area contributed by atoms with Gasteiger partial charge in [-0.25, -0.2) is 0 Å². The molecule has 1 heterocycles. The Labute approximate surface area is 107 Å². The van der Waals surface area contributed by atoms with Gasteiger partial charge in [0, 0.05) is 5.69 Å². The zero-order valence-electron chi connectivity index (χ0n) is 9.81. The first-order chi connectivity index (χ1) is 8.38. The summed E-state index contributed by atoms with van der Waals surface area (Å²) in [5.74, 6) is -0.640. The average Bonchev–Trinajstić information content (AvgIpc) is 2.23. The monoisotopic (exact) mass is 274 g/mol. The predicted octanol–water partition coefficient (Wildman–Crippen LogP) is 1.28. The summed E-state index contributed by atoms with van der Waals surface area (Å²) in [6.45, 7) is 2.94. The van der Waals surface area contributed by atoms with Crippen molar-refractivity contribution in [2.45, 2.75) is 20.4 Å². The van der Waals surface area contributed by atoms with Crippen molar-refractivity contribution in [2.75, 3.05) is 6.61 Å². The van der Waals surface area contributed by atoms with Crippen LogP contribution in [0.25, 0.3) is 0 Å². The van der Waals surface area contributed by atoms with Gasteiger partial charge in [0.25, 0.3) is 0 Å². The number of aryl methyl sites for hydroxylation is 1. The molecule has 0 spiro atoms. The molecule has 0 unspecified atom stereocenters. The van der Waals surface area contributed by atoms with Crippen molar-refractivity contribution in [3.63, 3.8) is 0 Å². The van der Waals surface area contributed by atoms with Gasteiger partial charge in [0.15, 0.2) is 0 Å². The van der Waals surface area contributed by atoms with Gasteiger partial charge in [-0.2, -0.15) is 0 Å². The predicted molar refractivity (Wildman–Crippen MR) is 63.7 cm³/mol. The minimum atomic E-state index is -0.918. The lowest BCUT2D eigenvalue weighted by Gasteiger charge is -2.09. The molecule has 0 fully saturated rings. The van der Waals surface area contributed by atoms with Gasteiger partial charge >= 0.3 is 17.2 Å². The van der Waals surface area contributed by atoms with Crippen LogP contribution in [0.3, 0.4) is 0 Å². The second-order valence-electron chi connectivity index (χ2n) is 3.44. The van der Waals surface area contributed by atoms with Crippen LogP contribution in [-0.4, -0.2) is 22.1 Å². The molecule has 1 rings (SSSR count). The Hall–Kier alpha value is -1.89. The fraction of sp³-hybridized carbons (Fsp3) is 0.400. The molecule has 98 valence electrons. The van der Waals surface area contributed by atoms with E-state index >= 15 is 0 Å². The van der Waals surface area contributed by atoms with Crippen molar-refractivity contribution >= 4 is 23.3 Å². The summed E-state index contributed by atoms with van der Waals surface area (Å²) in [6.07, 6.45) is 0. The van der Waals surface area contributed by atoms with Gasteiger partial charge in [0.1, 0.15) is 11.6 Å². The molecule has 0 N–H and O–H groups in total. The molecule has 1 aromatic heterocycles. The molecule has 0 saturated carbocycles. The van der Waals surface area contributed by atoms with Crippen molar-refractivity contribution in [3.8, 4) is 0 Å².